The van der Waals surface area contributed by atoms with Crippen molar-refractivity contribution in [2.75, 3.05) is 33.2 Å². The molecule has 0 saturated carbocycles. The molecule has 1 aliphatic rings. The third-order valence-corrected chi connectivity index (χ3v) is 2.77. The summed E-state index contributed by atoms with van der Waals surface area (Å²) in [6.45, 7) is 4.64. The Morgan fingerprint density at radius 3 is 2.69 bits per heavy atom. The predicted molar refractivity (Wildman–Crippen MR) is 58.0 cm³/mol. The zero-order chi connectivity index (χ0) is 11.5. The van der Waals surface area contributed by atoms with Gasteiger partial charge in [0, 0.05) is 26.2 Å². The first-order valence-electron chi connectivity index (χ1n) is 5.23. The molecule has 1 saturated heterocycles. The van der Waals surface area contributed by atoms with Crippen LogP contribution in [0.4, 0.5) is 5.69 Å². The Kier molecular flexibility index (Phi) is 3.16. The lowest BCUT2D eigenvalue weighted by molar-refractivity contribution is -0.385. The van der Waals surface area contributed by atoms with Crippen molar-refractivity contribution in [3.05, 3.63) is 22.5 Å². The lowest BCUT2D eigenvalue weighted by Gasteiger charge is -2.31. The molecule has 88 valence electrons. The standard InChI is InChI=1S/C9H15N5O2/c1-11-2-4-12(5-3-11)8-13-7-9(6-10-13)14(15)16/h6-7H,2-5,8H2,1H3. The molecule has 2 rings (SSSR count). The Morgan fingerprint density at radius 2 is 2.12 bits per heavy atom. The Hall–Kier alpha value is -1.47. The van der Waals surface area contributed by atoms with Gasteiger partial charge in [-0.05, 0) is 7.05 Å². The molecule has 7 nitrogen and oxygen atoms in total. The molecule has 1 fully saturated rings. The second kappa shape index (κ2) is 4.58. The largest absolute Gasteiger partial charge is 0.307 e. The third-order valence-electron chi connectivity index (χ3n) is 2.77. The zero-order valence-corrected chi connectivity index (χ0v) is 9.24. The van der Waals surface area contributed by atoms with Gasteiger partial charge in [-0.3, -0.25) is 19.7 Å². The van der Waals surface area contributed by atoms with E-state index in [4.69, 9.17) is 0 Å². The van der Waals surface area contributed by atoms with E-state index in [1.807, 2.05) is 0 Å². The predicted octanol–water partition coefficient (Wildman–Crippen LogP) is -0.00380. The maximum absolute atomic E-state index is 10.5. The molecule has 1 aromatic rings. The van der Waals surface area contributed by atoms with Crippen LogP contribution in [0.25, 0.3) is 0 Å². The fourth-order valence-electron chi connectivity index (χ4n) is 1.72. The molecule has 0 spiro atoms. The van der Waals surface area contributed by atoms with Crippen molar-refractivity contribution in [3.8, 4) is 0 Å². The molecule has 1 aromatic heterocycles. The van der Waals surface area contributed by atoms with E-state index in [2.05, 4.69) is 21.9 Å². The highest BCUT2D eigenvalue weighted by atomic mass is 16.6. The minimum Gasteiger partial charge on any atom is -0.304 e. The molecule has 0 atom stereocenters. The summed E-state index contributed by atoms with van der Waals surface area (Å²) in [5.74, 6) is 0. The van der Waals surface area contributed by atoms with Crippen molar-refractivity contribution in [2.45, 2.75) is 6.67 Å². The van der Waals surface area contributed by atoms with Crippen LogP contribution in [0, 0.1) is 10.1 Å². The van der Waals surface area contributed by atoms with Gasteiger partial charge in [0.1, 0.15) is 12.4 Å². The maximum atomic E-state index is 10.5. The van der Waals surface area contributed by atoms with E-state index >= 15 is 0 Å². The van der Waals surface area contributed by atoms with Crippen LogP contribution in [0.3, 0.4) is 0 Å². The first-order chi connectivity index (χ1) is 7.65. The summed E-state index contributed by atoms with van der Waals surface area (Å²) in [5.41, 5.74) is 0.0501. The normalized spacial score (nSPS) is 18.8. The highest BCUT2D eigenvalue weighted by Gasteiger charge is 2.15. The van der Waals surface area contributed by atoms with Crippen LogP contribution in [0.15, 0.2) is 12.4 Å². The average Bonchev–Trinajstić information content (AvgIpc) is 2.70. The van der Waals surface area contributed by atoms with Gasteiger partial charge in [0.25, 0.3) is 0 Å². The molecule has 0 N–H and O–H groups in total. The number of rotatable bonds is 3. The van der Waals surface area contributed by atoms with E-state index in [9.17, 15) is 10.1 Å². The van der Waals surface area contributed by atoms with E-state index in [-0.39, 0.29) is 5.69 Å². The highest BCUT2D eigenvalue weighted by Crippen LogP contribution is 2.09. The summed E-state index contributed by atoms with van der Waals surface area (Å²) in [6, 6.07) is 0. The van der Waals surface area contributed by atoms with Crippen molar-refractivity contribution in [1.82, 2.24) is 19.6 Å². The Morgan fingerprint density at radius 1 is 1.44 bits per heavy atom. The zero-order valence-electron chi connectivity index (χ0n) is 9.24. The van der Waals surface area contributed by atoms with Gasteiger partial charge in [-0.1, -0.05) is 0 Å². The van der Waals surface area contributed by atoms with E-state index in [0.29, 0.717) is 6.67 Å². The summed E-state index contributed by atoms with van der Waals surface area (Å²) < 4.78 is 1.61. The Balaban J connectivity index is 1.91. The lowest BCUT2D eigenvalue weighted by atomic mass is 10.3. The quantitative estimate of drug-likeness (QED) is 0.535. The smallest absolute Gasteiger partial charge is 0.304 e. The number of aromatic nitrogens is 2. The number of hydrogen-bond donors (Lipinski definition) is 0. The minimum absolute atomic E-state index is 0.0501. The van der Waals surface area contributed by atoms with Crippen LogP contribution in [0.2, 0.25) is 0 Å². The highest BCUT2D eigenvalue weighted by molar-refractivity contribution is 5.20. The van der Waals surface area contributed by atoms with Gasteiger partial charge in [0.15, 0.2) is 0 Å². The molecule has 0 radical (unpaired) electrons. The number of nitrogens with zero attached hydrogens (tertiary/aromatic N) is 5. The molecule has 0 aromatic carbocycles. The summed E-state index contributed by atoms with van der Waals surface area (Å²) in [6.07, 6.45) is 2.76. The van der Waals surface area contributed by atoms with Gasteiger partial charge in [0.2, 0.25) is 0 Å². The number of nitro groups is 1. The fraction of sp³-hybridized carbons (Fsp3) is 0.667. The lowest BCUT2D eigenvalue weighted by Crippen LogP contribution is -2.44. The summed E-state index contributed by atoms with van der Waals surface area (Å²) in [7, 11) is 2.09. The van der Waals surface area contributed by atoms with E-state index in [1.54, 1.807) is 4.68 Å². The van der Waals surface area contributed by atoms with E-state index in [1.165, 1.54) is 12.4 Å². The summed E-state index contributed by atoms with van der Waals surface area (Å²) in [5, 5.41) is 14.5. The molecule has 16 heavy (non-hydrogen) atoms. The van der Waals surface area contributed by atoms with Crippen LogP contribution in [-0.4, -0.2) is 57.7 Å². The molecule has 2 heterocycles. The topological polar surface area (TPSA) is 67.4 Å². The Labute approximate surface area is 93.4 Å². The molecule has 0 amide bonds. The van der Waals surface area contributed by atoms with Gasteiger partial charge < -0.3 is 4.90 Å². The molecule has 0 aliphatic carbocycles. The van der Waals surface area contributed by atoms with Crippen molar-refractivity contribution in [2.24, 2.45) is 0 Å². The summed E-state index contributed by atoms with van der Waals surface area (Å²) in [4.78, 5) is 14.6. The molecule has 0 bridgehead atoms. The number of piperazine rings is 1. The van der Waals surface area contributed by atoms with Gasteiger partial charge in [-0.25, -0.2) is 0 Å². The monoisotopic (exact) mass is 225 g/mol. The van der Waals surface area contributed by atoms with Crippen LogP contribution in [0.1, 0.15) is 0 Å². The van der Waals surface area contributed by atoms with Gasteiger partial charge in [0.05, 0.1) is 11.6 Å². The van der Waals surface area contributed by atoms with Crippen LogP contribution >= 0.6 is 0 Å². The maximum Gasteiger partial charge on any atom is 0.307 e. The molecular formula is C9H15N5O2. The minimum atomic E-state index is -0.423. The molecule has 7 heteroatoms. The first kappa shape index (κ1) is 11.0. The van der Waals surface area contributed by atoms with Crippen molar-refractivity contribution >= 4 is 5.69 Å². The molecule has 0 unspecified atom stereocenters. The third kappa shape index (κ3) is 2.56. The Bertz CT molecular complexity index is 370. The van der Waals surface area contributed by atoms with Gasteiger partial charge >= 0.3 is 5.69 Å². The van der Waals surface area contributed by atoms with Gasteiger partial charge in [-0.15, -0.1) is 0 Å². The average molecular weight is 225 g/mol. The number of hydrogen-bond acceptors (Lipinski definition) is 5. The van der Waals surface area contributed by atoms with Crippen LogP contribution in [0.5, 0.6) is 0 Å². The second-order valence-corrected chi connectivity index (χ2v) is 4.06. The van der Waals surface area contributed by atoms with E-state index in [0.717, 1.165) is 26.2 Å². The molecular weight excluding hydrogens is 210 g/mol. The SMILES string of the molecule is CN1CCN(Cn2cc([N+](=O)[O-])cn2)CC1. The van der Waals surface area contributed by atoms with Gasteiger partial charge in [-0.2, -0.15) is 5.10 Å². The van der Waals surface area contributed by atoms with Crippen molar-refractivity contribution in [3.63, 3.8) is 0 Å². The van der Waals surface area contributed by atoms with E-state index < -0.39 is 4.92 Å². The molecule has 1 aliphatic heterocycles. The van der Waals surface area contributed by atoms with Crippen LogP contribution < -0.4 is 0 Å². The van der Waals surface area contributed by atoms with Crippen molar-refractivity contribution in [1.29, 1.82) is 0 Å². The van der Waals surface area contributed by atoms with Crippen molar-refractivity contribution < 1.29 is 4.92 Å². The van der Waals surface area contributed by atoms with Crippen LogP contribution in [-0.2, 0) is 6.67 Å². The second-order valence-electron chi connectivity index (χ2n) is 4.06. The summed E-state index contributed by atoms with van der Waals surface area (Å²) >= 11 is 0. The fourth-order valence-corrected chi connectivity index (χ4v) is 1.72. The first-order valence-corrected chi connectivity index (χ1v) is 5.23. The number of likely N-dealkylation sites (N-methyl/N-ethyl adjacent to an activating group) is 1.